The van der Waals surface area contributed by atoms with Gasteiger partial charge in [-0.25, -0.2) is 4.39 Å². The molecule has 0 heterocycles. The minimum atomic E-state index is -0.533. The summed E-state index contributed by atoms with van der Waals surface area (Å²) in [6.07, 6.45) is 0. The zero-order chi connectivity index (χ0) is 16.9. The van der Waals surface area contributed by atoms with Crippen molar-refractivity contribution in [3.05, 3.63) is 22.4 Å². The van der Waals surface area contributed by atoms with Crippen molar-refractivity contribution in [2.24, 2.45) is 5.92 Å². The molecular formula is C15H19BrFNO3S. The van der Waals surface area contributed by atoms with E-state index in [-0.39, 0.29) is 23.5 Å². The fourth-order valence-corrected chi connectivity index (χ4v) is 2.99. The lowest BCUT2D eigenvalue weighted by molar-refractivity contribution is -0.142. The van der Waals surface area contributed by atoms with Gasteiger partial charge in [0, 0.05) is 15.3 Å². The maximum Gasteiger partial charge on any atom is 0.319 e. The number of halogens is 2. The molecule has 0 saturated heterocycles. The molecule has 4 nitrogen and oxygen atoms in total. The predicted octanol–water partition coefficient (Wildman–Crippen LogP) is 4.23. The maximum absolute atomic E-state index is 13.9. The van der Waals surface area contributed by atoms with E-state index in [0.29, 0.717) is 16.0 Å². The van der Waals surface area contributed by atoms with Crippen LogP contribution < -0.4 is 5.32 Å². The van der Waals surface area contributed by atoms with Gasteiger partial charge in [-0.15, -0.1) is 11.8 Å². The Kier molecular flexibility index (Phi) is 7.35. The number of hydrogen-bond donors (Lipinski definition) is 1. The van der Waals surface area contributed by atoms with Gasteiger partial charge in [0.1, 0.15) is 11.1 Å². The molecule has 1 rings (SSSR count). The van der Waals surface area contributed by atoms with E-state index in [2.05, 4.69) is 21.2 Å². The van der Waals surface area contributed by atoms with Crippen molar-refractivity contribution in [2.45, 2.75) is 37.8 Å². The van der Waals surface area contributed by atoms with Crippen LogP contribution >= 0.6 is 27.7 Å². The first kappa shape index (κ1) is 19.0. The number of amides is 1. The first-order chi connectivity index (χ1) is 10.3. The van der Waals surface area contributed by atoms with E-state index in [0.717, 1.165) is 0 Å². The first-order valence-corrected chi connectivity index (χ1v) is 8.56. The Morgan fingerprint density at radius 2 is 2.00 bits per heavy atom. The summed E-state index contributed by atoms with van der Waals surface area (Å²) in [5, 5.41) is 2.11. The van der Waals surface area contributed by atoms with E-state index < -0.39 is 11.1 Å². The highest BCUT2D eigenvalue weighted by atomic mass is 79.9. The molecule has 0 aliphatic carbocycles. The zero-order valence-corrected chi connectivity index (χ0v) is 15.3. The molecule has 0 aromatic heterocycles. The third-order valence-corrected chi connectivity index (χ3v) is 4.78. The van der Waals surface area contributed by atoms with E-state index in [9.17, 15) is 14.0 Å². The van der Waals surface area contributed by atoms with Gasteiger partial charge in [0.2, 0.25) is 5.91 Å². The fourth-order valence-electron chi connectivity index (χ4n) is 1.49. The first-order valence-electron chi connectivity index (χ1n) is 6.89. The SMILES string of the molecule is CCOC(=O)C(C)Sc1cc(NC(=O)C(C)C)c(F)cc1Br. The topological polar surface area (TPSA) is 55.4 Å². The summed E-state index contributed by atoms with van der Waals surface area (Å²) in [4.78, 5) is 24.0. The van der Waals surface area contributed by atoms with Gasteiger partial charge in [0.25, 0.3) is 0 Å². The molecule has 1 aromatic carbocycles. The molecule has 122 valence electrons. The number of carbonyl (C=O) groups excluding carboxylic acids is 2. The predicted molar refractivity (Wildman–Crippen MR) is 89.5 cm³/mol. The molecule has 22 heavy (non-hydrogen) atoms. The number of thioether (sulfide) groups is 1. The normalized spacial score (nSPS) is 12.1. The summed E-state index contributed by atoms with van der Waals surface area (Å²) in [6.45, 7) is 7.21. The molecule has 1 amide bonds. The smallest absolute Gasteiger partial charge is 0.319 e. The molecule has 7 heteroatoms. The van der Waals surface area contributed by atoms with E-state index in [1.54, 1.807) is 27.7 Å². The average Bonchev–Trinajstić information content (AvgIpc) is 2.43. The highest BCUT2D eigenvalue weighted by molar-refractivity contribution is 9.10. The van der Waals surface area contributed by atoms with Crippen molar-refractivity contribution in [3.8, 4) is 0 Å². The number of esters is 1. The number of rotatable bonds is 6. The highest BCUT2D eigenvalue weighted by Gasteiger charge is 2.19. The van der Waals surface area contributed by atoms with Crippen LogP contribution in [0.5, 0.6) is 0 Å². The van der Waals surface area contributed by atoms with Crippen LogP contribution in [-0.2, 0) is 14.3 Å². The van der Waals surface area contributed by atoms with Crippen molar-refractivity contribution in [3.63, 3.8) is 0 Å². The molecular weight excluding hydrogens is 373 g/mol. The molecule has 0 aliphatic rings. The summed E-state index contributed by atoms with van der Waals surface area (Å²) >= 11 is 4.50. The second-order valence-corrected chi connectivity index (χ2v) is 7.16. The van der Waals surface area contributed by atoms with E-state index in [1.807, 2.05) is 0 Å². The number of anilines is 1. The summed E-state index contributed by atoms with van der Waals surface area (Å²) in [7, 11) is 0. The van der Waals surface area contributed by atoms with Crippen LogP contribution in [0.2, 0.25) is 0 Å². The Balaban J connectivity index is 2.96. The van der Waals surface area contributed by atoms with Gasteiger partial charge in [-0.05, 0) is 41.9 Å². The van der Waals surface area contributed by atoms with Crippen LogP contribution in [0.25, 0.3) is 0 Å². The lowest BCUT2D eigenvalue weighted by Crippen LogP contribution is -2.19. The van der Waals surface area contributed by atoms with E-state index >= 15 is 0 Å². The van der Waals surface area contributed by atoms with E-state index in [4.69, 9.17) is 4.74 Å². The van der Waals surface area contributed by atoms with Gasteiger partial charge in [-0.3, -0.25) is 9.59 Å². The number of hydrogen-bond acceptors (Lipinski definition) is 4. The minimum Gasteiger partial charge on any atom is -0.465 e. The Hall–Kier alpha value is -1.08. The Morgan fingerprint density at radius 3 is 2.55 bits per heavy atom. The molecule has 1 atom stereocenters. The molecule has 0 fully saturated rings. The van der Waals surface area contributed by atoms with Crippen LogP contribution in [0.1, 0.15) is 27.7 Å². The van der Waals surface area contributed by atoms with Crippen molar-refractivity contribution in [2.75, 3.05) is 11.9 Å². The zero-order valence-electron chi connectivity index (χ0n) is 12.9. The number of carbonyl (C=O) groups is 2. The minimum absolute atomic E-state index is 0.0976. The van der Waals surface area contributed by atoms with Crippen molar-refractivity contribution in [1.82, 2.24) is 0 Å². The number of nitrogens with one attached hydrogen (secondary N) is 1. The van der Waals surface area contributed by atoms with Crippen molar-refractivity contribution >= 4 is 45.3 Å². The molecule has 0 radical (unpaired) electrons. The quantitative estimate of drug-likeness (QED) is 0.582. The molecule has 1 N–H and O–H groups in total. The van der Waals surface area contributed by atoms with Gasteiger partial charge >= 0.3 is 5.97 Å². The summed E-state index contributed by atoms with van der Waals surface area (Å²) in [6, 6.07) is 2.79. The van der Waals surface area contributed by atoms with Gasteiger partial charge in [0.05, 0.1) is 12.3 Å². The molecule has 1 aromatic rings. The van der Waals surface area contributed by atoms with Crippen LogP contribution in [0, 0.1) is 11.7 Å². The fraction of sp³-hybridized carbons (Fsp3) is 0.467. The molecule has 0 saturated carbocycles. The number of benzene rings is 1. The second-order valence-electron chi connectivity index (χ2n) is 4.92. The maximum atomic E-state index is 13.9. The summed E-state index contributed by atoms with van der Waals surface area (Å²) < 4.78 is 19.4. The van der Waals surface area contributed by atoms with Crippen molar-refractivity contribution in [1.29, 1.82) is 0 Å². The standard InChI is InChI=1S/C15H19BrFNO3S/c1-5-21-15(20)9(4)22-13-7-12(11(17)6-10(13)16)18-14(19)8(2)3/h6-9H,5H2,1-4H3,(H,18,19). The molecule has 1 unspecified atom stereocenters. The summed E-state index contributed by atoms with van der Waals surface area (Å²) in [5.74, 6) is -1.39. The lowest BCUT2D eigenvalue weighted by atomic mass is 10.2. The van der Waals surface area contributed by atoms with Gasteiger partial charge in [-0.2, -0.15) is 0 Å². The van der Waals surface area contributed by atoms with Crippen LogP contribution in [0.3, 0.4) is 0 Å². The Morgan fingerprint density at radius 1 is 1.36 bits per heavy atom. The van der Waals surface area contributed by atoms with E-state index in [1.165, 1.54) is 23.9 Å². The Labute approximate surface area is 142 Å². The number of ether oxygens (including phenoxy) is 1. The van der Waals surface area contributed by atoms with Gasteiger partial charge in [0.15, 0.2) is 0 Å². The second kappa shape index (κ2) is 8.53. The molecule has 0 spiro atoms. The van der Waals surface area contributed by atoms with Crippen molar-refractivity contribution < 1.29 is 18.7 Å². The van der Waals surface area contributed by atoms with Crippen LogP contribution in [0.4, 0.5) is 10.1 Å². The van der Waals surface area contributed by atoms with Crippen LogP contribution in [0.15, 0.2) is 21.5 Å². The van der Waals surface area contributed by atoms with Crippen LogP contribution in [-0.4, -0.2) is 23.7 Å². The third-order valence-electron chi connectivity index (χ3n) is 2.73. The van der Waals surface area contributed by atoms with Gasteiger partial charge in [-0.1, -0.05) is 13.8 Å². The Bertz CT molecular complexity index is 566. The lowest BCUT2D eigenvalue weighted by Gasteiger charge is -2.14. The molecule has 0 aliphatic heterocycles. The average molecular weight is 392 g/mol. The summed E-state index contributed by atoms with van der Waals surface area (Å²) in [5.41, 5.74) is 0.0976. The largest absolute Gasteiger partial charge is 0.465 e. The third kappa shape index (κ3) is 5.28. The molecule has 0 bridgehead atoms. The van der Waals surface area contributed by atoms with Gasteiger partial charge < -0.3 is 10.1 Å². The highest BCUT2D eigenvalue weighted by Crippen LogP contribution is 2.35. The monoisotopic (exact) mass is 391 g/mol.